The van der Waals surface area contributed by atoms with Gasteiger partial charge in [0.15, 0.2) is 5.78 Å². The van der Waals surface area contributed by atoms with Crippen LogP contribution in [0.25, 0.3) is 0 Å². The van der Waals surface area contributed by atoms with Crippen molar-refractivity contribution in [2.75, 3.05) is 39.5 Å². The second-order valence-electron chi connectivity index (χ2n) is 6.93. The number of likely N-dealkylation sites (tertiary alicyclic amines) is 1. The molecule has 2 atom stereocenters. The van der Waals surface area contributed by atoms with E-state index in [2.05, 4.69) is 4.90 Å². The number of carbonyl (C=O) groups excluding carboxylic acids is 1. The van der Waals surface area contributed by atoms with E-state index in [-0.39, 0.29) is 30.1 Å². The number of carbonyl (C=O) groups is 2. The molecular formula is C19H26FNO5. The van der Waals surface area contributed by atoms with Crippen molar-refractivity contribution in [3.8, 4) is 0 Å². The lowest BCUT2D eigenvalue weighted by Crippen LogP contribution is -2.43. The molecule has 3 rings (SSSR count). The summed E-state index contributed by atoms with van der Waals surface area (Å²) in [5, 5.41) is 16.7. The molecule has 2 aliphatic heterocycles. The van der Waals surface area contributed by atoms with Crippen LogP contribution >= 0.6 is 0 Å². The number of aliphatic hydroxyl groups is 1. The molecule has 0 aliphatic carbocycles. The summed E-state index contributed by atoms with van der Waals surface area (Å²) in [5.41, 5.74) is 0.459. The van der Waals surface area contributed by atoms with Gasteiger partial charge in [0.25, 0.3) is 6.47 Å². The Hall–Kier alpha value is -1.83. The molecule has 2 aliphatic rings. The van der Waals surface area contributed by atoms with Gasteiger partial charge in [-0.2, -0.15) is 0 Å². The highest BCUT2D eigenvalue weighted by Gasteiger charge is 2.47. The lowest BCUT2D eigenvalue weighted by Gasteiger charge is -2.36. The number of hydrogen-bond acceptors (Lipinski definition) is 5. The molecule has 0 radical (unpaired) electrons. The van der Waals surface area contributed by atoms with Crippen LogP contribution in [0.1, 0.15) is 29.6 Å². The average molecular weight is 367 g/mol. The molecule has 0 bridgehead atoms. The zero-order chi connectivity index (χ0) is 19.0. The highest BCUT2D eigenvalue weighted by molar-refractivity contribution is 5.95. The Morgan fingerprint density at radius 2 is 2.08 bits per heavy atom. The molecule has 0 saturated carbocycles. The Kier molecular flexibility index (Phi) is 7.68. The van der Waals surface area contributed by atoms with Crippen molar-refractivity contribution in [2.45, 2.75) is 19.3 Å². The maximum absolute atomic E-state index is 12.9. The van der Waals surface area contributed by atoms with Gasteiger partial charge in [-0.25, -0.2) is 4.39 Å². The number of carboxylic acid groups (broad SMARTS) is 1. The number of rotatable bonds is 6. The lowest BCUT2D eigenvalue weighted by atomic mass is 9.76. The number of halogens is 1. The second kappa shape index (κ2) is 9.75. The van der Waals surface area contributed by atoms with Crippen molar-refractivity contribution >= 4 is 12.3 Å². The molecular weight excluding hydrogens is 341 g/mol. The summed E-state index contributed by atoms with van der Waals surface area (Å²) >= 11 is 0. The summed E-state index contributed by atoms with van der Waals surface area (Å²) in [4.78, 5) is 22.8. The molecule has 0 amide bonds. The van der Waals surface area contributed by atoms with Gasteiger partial charge in [-0.1, -0.05) is 0 Å². The van der Waals surface area contributed by atoms with Crippen LogP contribution in [0.4, 0.5) is 4.39 Å². The predicted octanol–water partition coefficient (Wildman–Crippen LogP) is 1.82. The molecule has 7 heteroatoms. The normalized spacial score (nSPS) is 25.1. The van der Waals surface area contributed by atoms with Crippen molar-refractivity contribution in [1.82, 2.24) is 4.90 Å². The maximum atomic E-state index is 12.9. The fourth-order valence-electron chi connectivity index (χ4n) is 3.84. The van der Waals surface area contributed by atoms with Crippen molar-refractivity contribution < 1.29 is 28.9 Å². The minimum Gasteiger partial charge on any atom is -0.483 e. The van der Waals surface area contributed by atoms with E-state index in [9.17, 15) is 14.3 Å². The second-order valence-corrected chi connectivity index (χ2v) is 6.93. The van der Waals surface area contributed by atoms with E-state index in [1.807, 2.05) is 0 Å². The zero-order valence-electron chi connectivity index (χ0n) is 14.8. The Balaban J connectivity index is 0.000000758. The highest BCUT2D eigenvalue weighted by Crippen LogP contribution is 2.40. The first-order valence-corrected chi connectivity index (χ1v) is 8.82. The van der Waals surface area contributed by atoms with E-state index >= 15 is 0 Å². The van der Waals surface area contributed by atoms with E-state index in [4.69, 9.17) is 14.6 Å². The van der Waals surface area contributed by atoms with E-state index in [0.717, 1.165) is 39.1 Å². The van der Waals surface area contributed by atoms with Gasteiger partial charge in [-0.05, 0) is 49.6 Å². The van der Waals surface area contributed by atoms with Gasteiger partial charge >= 0.3 is 0 Å². The first-order valence-electron chi connectivity index (χ1n) is 8.82. The third-order valence-corrected chi connectivity index (χ3v) is 5.24. The van der Waals surface area contributed by atoms with E-state index in [1.54, 1.807) is 12.1 Å². The Bertz CT molecular complexity index is 594. The number of nitrogens with zero attached hydrogens (tertiary/aromatic N) is 1. The van der Waals surface area contributed by atoms with Crippen LogP contribution in [0.5, 0.6) is 0 Å². The zero-order valence-corrected chi connectivity index (χ0v) is 14.8. The van der Waals surface area contributed by atoms with Crippen LogP contribution in [0, 0.1) is 17.2 Å². The van der Waals surface area contributed by atoms with Crippen molar-refractivity contribution in [3.63, 3.8) is 0 Å². The minimum absolute atomic E-state index is 0.0572. The largest absolute Gasteiger partial charge is 0.483 e. The van der Waals surface area contributed by atoms with E-state index in [1.165, 1.54) is 12.1 Å². The number of fused-ring (bicyclic) bond motifs is 1. The van der Waals surface area contributed by atoms with Gasteiger partial charge in [0.1, 0.15) is 5.82 Å². The summed E-state index contributed by atoms with van der Waals surface area (Å²) in [6.45, 7) is 4.02. The number of ketones is 1. The van der Waals surface area contributed by atoms with Gasteiger partial charge in [0, 0.05) is 37.1 Å². The van der Waals surface area contributed by atoms with Crippen LogP contribution < -0.4 is 0 Å². The van der Waals surface area contributed by atoms with Crippen LogP contribution in [-0.4, -0.2) is 66.8 Å². The smallest absolute Gasteiger partial charge is 0.290 e. The third kappa shape index (κ3) is 5.09. The lowest BCUT2D eigenvalue weighted by molar-refractivity contribution is -0.122. The molecule has 144 valence electrons. The quantitative estimate of drug-likeness (QED) is 0.589. The van der Waals surface area contributed by atoms with Gasteiger partial charge in [-0.15, -0.1) is 0 Å². The van der Waals surface area contributed by atoms with Crippen LogP contribution in [0.2, 0.25) is 0 Å². The third-order valence-electron chi connectivity index (χ3n) is 5.24. The van der Waals surface area contributed by atoms with Crippen molar-refractivity contribution in [1.29, 1.82) is 0 Å². The number of aliphatic hydroxyl groups excluding tert-OH is 1. The summed E-state index contributed by atoms with van der Waals surface area (Å²) in [5.74, 6) is 0.230. The molecule has 1 aromatic rings. The topological polar surface area (TPSA) is 87.1 Å². The minimum atomic E-state index is -0.322. The average Bonchev–Trinajstić information content (AvgIpc) is 3.02. The molecule has 0 aromatic heterocycles. The molecule has 2 heterocycles. The number of ether oxygens (including phenoxy) is 1. The van der Waals surface area contributed by atoms with Gasteiger partial charge in [0.2, 0.25) is 0 Å². The maximum Gasteiger partial charge on any atom is 0.290 e. The highest BCUT2D eigenvalue weighted by atomic mass is 19.1. The molecule has 0 spiro atoms. The molecule has 2 N–H and O–H groups in total. The Morgan fingerprint density at radius 1 is 1.38 bits per heavy atom. The van der Waals surface area contributed by atoms with Crippen LogP contribution in [0.15, 0.2) is 24.3 Å². The monoisotopic (exact) mass is 367 g/mol. The Morgan fingerprint density at radius 3 is 2.69 bits per heavy atom. The molecule has 1 aromatic carbocycles. The van der Waals surface area contributed by atoms with E-state index < -0.39 is 0 Å². The molecule has 0 unspecified atom stereocenters. The SMILES string of the molecule is O=C(CCCN1C[C@@H]2CCOC[C@]2(CO)C1)c1ccc(F)cc1.O=CO. The van der Waals surface area contributed by atoms with Gasteiger partial charge < -0.3 is 19.8 Å². The van der Waals surface area contributed by atoms with Crippen molar-refractivity contribution in [2.24, 2.45) is 11.3 Å². The summed E-state index contributed by atoms with van der Waals surface area (Å²) in [6, 6.07) is 5.73. The van der Waals surface area contributed by atoms with Crippen molar-refractivity contribution in [3.05, 3.63) is 35.6 Å². The summed E-state index contributed by atoms with van der Waals surface area (Å²) < 4.78 is 18.4. The Labute approximate surface area is 152 Å². The number of benzene rings is 1. The standard InChI is InChI=1S/C18H24FNO3.CH2O2/c19-16-5-3-14(4-6-16)17(22)2-1-8-20-10-15-7-9-23-13-18(15,11-20)12-21;2-1-3/h3-6,15,21H,1-2,7-13H2;1H,(H,2,3)/t15-,18+;/m0./s1. The fraction of sp³-hybridized carbons (Fsp3) is 0.579. The fourth-order valence-corrected chi connectivity index (χ4v) is 3.84. The molecule has 2 fully saturated rings. The van der Waals surface area contributed by atoms with E-state index in [0.29, 0.717) is 24.5 Å². The number of Topliss-reactive ketones (excluding diaryl/α,β-unsaturated/α-hetero) is 1. The van der Waals surface area contributed by atoms with Gasteiger partial charge in [-0.3, -0.25) is 9.59 Å². The first-order chi connectivity index (χ1) is 12.5. The first kappa shape index (κ1) is 20.5. The van der Waals surface area contributed by atoms with Crippen LogP contribution in [-0.2, 0) is 9.53 Å². The van der Waals surface area contributed by atoms with Crippen LogP contribution in [0.3, 0.4) is 0 Å². The molecule has 26 heavy (non-hydrogen) atoms. The predicted molar refractivity (Wildman–Crippen MR) is 93.5 cm³/mol. The van der Waals surface area contributed by atoms with Gasteiger partial charge in [0.05, 0.1) is 13.2 Å². The summed E-state index contributed by atoms with van der Waals surface area (Å²) in [7, 11) is 0. The molecule has 6 nitrogen and oxygen atoms in total. The summed E-state index contributed by atoms with van der Waals surface area (Å²) in [6.07, 6.45) is 2.26. The molecule has 2 saturated heterocycles. The number of hydrogen-bond donors (Lipinski definition) is 2.